The summed E-state index contributed by atoms with van der Waals surface area (Å²) in [5.74, 6) is 0.175. The van der Waals surface area contributed by atoms with Gasteiger partial charge in [-0.2, -0.15) is 0 Å². The molecule has 0 bridgehead atoms. The molecule has 24 heavy (non-hydrogen) atoms. The molecule has 3 nitrogen and oxygen atoms in total. The average molecular weight is 339 g/mol. The van der Waals surface area contributed by atoms with Crippen molar-refractivity contribution >= 4 is 23.2 Å². The molecule has 1 saturated heterocycles. The van der Waals surface area contributed by atoms with E-state index in [9.17, 15) is 4.79 Å². The maximum absolute atomic E-state index is 12.2. The molecule has 124 valence electrons. The third-order valence-corrected chi connectivity index (χ3v) is 4.72. The Kier molecular flexibility index (Phi) is 5.26. The van der Waals surface area contributed by atoms with E-state index in [1.54, 1.807) is 18.2 Å². The zero-order chi connectivity index (χ0) is 16.9. The predicted octanol–water partition coefficient (Wildman–Crippen LogP) is 4.38. The lowest BCUT2D eigenvalue weighted by atomic mass is 10.1. The molecule has 0 atom stereocenters. The quantitative estimate of drug-likeness (QED) is 0.472. The van der Waals surface area contributed by atoms with Crippen molar-refractivity contribution < 1.29 is 9.53 Å². The summed E-state index contributed by atoms with van der Waals surface area (Å²) >= 11 is 5.61. The van der Waals surface area contributed by atoms with Crippen LogP contribution in [0.3, 0.4) is 0 Å². The van der Waals surface area contributed by atoms with Gasteiger partial charge in [-0.05, 0) is 50.5 Å². The number of hydrogen-bond donors (Lipinski definition) is 0. The summed E-state index contributed by atoms with van der Waals surface area (Å²) < 4.78 is 5.50. The third-order valence-electron chi connectivity index (χ3n) is 4.22. The van der Waals surface area contributed by atoms with Gasteiger partial charge in [-0.3, -0.25) is 0 Å². The number of ether oxygens (including phenoxy) is 1. The van der Waals surface area contributed by atoms with Crippen molar-refractivity contribution in [3.05, 3.63) is 65.2 Å². The zero-order valence-corrected chi connectivity index (χ0v) is 14.6. The fraction of sp³-hybridized carbons (Fsp3) is 0.300. The Morgan fingerprint density at radius 3 is 2.42 bits per heavy atom. The summed E-state index contributed by atoms with van der Waals surface area (Å²) in [5.41, 5.74) is 2.59. The number of thiocarbonyl (C=S) groups is 1. The van der Waals surface area contributed by atoms with Crippen molar-refractivity contribution in [1.29, 1.82) is 0 Å². The Bertz CT molecular complexity index is 734. The van der Waals surface area contributed by atoms with E-state index in [-0.39, 0.29) is 5.97 Å². The van der Waals surface area contributed by atoms with Crippen LogP contribution in [0.5, 0.6) is 5.75 Å². The van der Waals surface area contributed by atoms with Gasteiger partial charge in [0.05, 0.1) is 5.56 Å². The zero-order valence-electron chi connectivity index (χ0n) is 13.8. The highest BCUT2D eigenvalue weighted by molar-refractivity contribution is 7.80. The van der Waals surface area contributed by atoms with Crippen LogP contribution >= 0.6 is 12.2 Å². The van der Waals surface area contributed by atoms with Gasteiger partial charge in [-0.15, -0.1) is 0 Å². The van der Waals surface area contributed by atoms with Crippen LogP contribution in [0.1, 0.15) is 40.7 Å². The molecular weight excluding hydrogens is 318 g/mol. The molecule has 1 heterocycles. The van der Waals surface area contributed by atoms with Crippen LogP contribution in [0.2, 0.25) is 0 Å². The van der Waals surface area contributed by atoms with Crippen molar-refractivity contribution in [2.75, 3.05) is 13.1 Å². The molecule has 1 aliphatic rings. The second kappa shape index (κ2) is 7.58. The van der Waals surface area contributed by atoms with Crippen molar-refractivity contribution in [1.82, 2.24) is 4.90 Å². The molecule has 0 N–H and O–H groups in total. The molecule has 2 aromatic carbocycles. The smallest absolute Gasteiger partial charge is 0.343 e. The molecule has 0 unspecified atom stereocenters. The van der Waals surface area contributed by atoms with Gasteiger partial charge in [0.2, 0.25) is 0 Å². The standard InChI is InChI=1S/C20H21NO2S/c1-15-8-10-16(11-9-15)20(22)23-18-7-5-6-17(14-18)19(24)21-12-3-2-4-13-21/h5-11,14H,2-4,12-13H2,1H3. The molecule has 1 fully saturated rings. The molecule has 0 saturated carbocycles. The lowest BCUT2D eigenvalue weighted by molar-refractivity contribution is 0.0735. The number of carbonyl (C=O) groups is 1. The Hall–Kier alpha value is -2.20. The molecule has 0 amide bonds. The normalized spacial score (nSPS) is 14.3. The Morgan fingerprint density at radius 2 is 1.71 bits per heavy atom. The highest BCUT2D eigenvalue weighted by atomic mass is 32.1. The van der Waals surface area contributed by atoms with Crippen LogP contribution in [0.4, 0.5) is 0 Å². The van der Waals surface area contributed by atoms with Crippen LogP contribution < -0.4 is 4.74 Å². The number of benzene rings is 2. The molecule has 4 heteroatoms. The summed E-state index contributed by atoms with van der Waals surface area (Å²) in [4.78, 5) is 15.3. The minimum atomic E-state index is -0.351. The van der Waals surface area contributed by atoms with Gasteiger partial charge >= 0.3 is 5.97 Å². The Labute approximate surface area is 148 Å². The summed E-state index contributed by atoms with van der Waals surface area (Å²) in [6.07, 6.45) is 3.64. The van der Waals surface area contributed by atoms with Crippen LogP contribution in [0.25, 0.3) is 0 Å². The minimum Gasteiger partial charge on any atom is -0.423 e. The largest absolute Gasteiger partial charge is 0.423 e. The van der Waals surface area contributed by atoms with E-state index in [2.05, 4.69) is 4.90 Å². The van der Waals surface area contributed by atoms with E-state index in [4.69, 9.17) is 17.0 Å². The van der Waals surface area contributed by atoms with Crippen molar-refractivity contribution in [3.63, 3.8) is 0 Å². The number of nitrogens with zero attached hydrogens (tertiary/aromatic N) is 1. The fourth-order valence-electron chi connectivity index (χ4n) is 2.83. The monoisotopic (exact) mass is 339 g/mol. The Morgan fingerprint density at radius 1 is 1.00 bits per heavy atom. The topological polar surface area (TPSA) is 29.5 Å². The number of hydrogen-bond acceptors (Lipinski definition) is 3. The molecule has 0 aromatic heterocycles. The summed E-state index contributed by atoms with van der Waals surface area (Å²) in [6.45, 7) is 4.00. The summed E-state index contributed by atoms with van der Waals surface area (Å²) in [6, 6.07) is 14.8. The van der Waals surface area contributed by atoms with E-state index >= 15 is 0 Å². The van der Waals surface area contributed by atoms with Crippen molar-refractivity contribution in [2.45, 2.75) is 26.2 Å². The number of esters is 1. The van der Waals surface area contributed by atoms with Gasteiger partial charge in [0.1, 0.15) is 10.7 Å². The van der Waals surface area contributed by atoms with Gasteiger partial charge in [-0.25, -0.2) is 4.79 Å². The number of aryl methyl sites for hydroxylation is 1. The van der Waals surface area contributed by atoms with Gasteiger partial charge < -0.3 is 9.64 Å². The first-order chi connectivity index (χ1) is 11.6. The first-order valence-electron chi connectivity index (χ1n) is 8.32. The minimum absolute atomic E-state index is 0.351. The predicted molar refractivity (Wildman–Crippen MR) is 99.7 cm³/mol. The number of likely N-dealkylation sites (tertiary alicyclic amines) is 1. The van der Waals surface area contributed by atoms with Crippen LogP contribution in [0.15, 0.2) is 48.5 Å². The lowest BCUT2D eigenvalue weighted by Gasteiger charge is -2.29. The average Bonchev–Trinajstić information content (AvgIpc) is 2.62. The summed E-state index contributed by atoms with van der Waals surface area (Å²) in [5, 5.41) is 0. The van der Waals surface area contributed by atoms with Crippen molar-refractivity contribution in [3.8, 4) is 5.75 Å². The van der Waals surface area contributed by atoms with E-state index in [0.29, 0.717) is 11.3 Å². The molecule has 3 rings (SSSR count). The van der Waals surface area contributed by atoms with E-state index in [1.165, 1.54) is 19.3 Å². The van der Waals surface area contributed by atoms with E-state index in [0.717, 1.165) is 29.2 Å². The molecule has 1 aliphatic heterocycles. The van der Waals surface area contributed by atoms with Crippen LogP contribution in [-0.2, 0) is 0 Å². The van der Waals surface area contributed by atoms with E-state index in [1.807, 2.05) is 37.3 Å². The first-order valence-corrected chi connectivity index (χ1v) is 8.72. The van der Waals surface area contributed by atoms with E-state index < -0.39 is 0 Å². The van der Waals surface area contributed by atoms with Crippen molar-refractivity contribution in [2.24, 2.45) is 0 Å². The first kappa shape index (κ1) is 16.7. The fourth-order valence-corrected chi connectivity index (χ4v) is 3.14. The second-order valence-corrected chi connectivity index (χ2v) is 6.52. The maximum atomic E-state index is 12.2. The highest BCUT2D eigenvalue weighted by Gasteiger charge is 2.16. The van der Waals surface area contributed by atoms with Gasteiger partial charge in [0.15, 0.2) is 0 Å². The third kappa shape index (κ3) is 4.01. The molecule has 0 spiro atoms. The Balaban J connectivity index is 1.71. The molecule has 0 radical (unpaired) electrons. The van der Waals surface area contributed by atoms with Crippen LogP contribution in [0, 0.1) is 6.92 Å². The summed E-state index contributed by atoms with van der Waals surface area (Å²) in [7, 11) is 0. The van der Waals surface area contributed by atoms with Gasteiger partial charge in [0, 0.05) is 18.7 Å². The molecular formula is C20H21NO2S. The van der Waals surface area contributed by atoms with Crippen LogP contribution in [-0.4, -0.2) is 28.9 Å². The lowest BCUT2D eigenvalue weighted by Crippen LogP contribution is -2.34. The number of rotatable bonds is 3. The molecule has 2 aromatic rings. The SMILES string of the molecule is Cc1ccc(C(=O)Oc2cccc(C(=S)N3CCCCC3)c2)cc1. The second-order valence-electron chi connectivity index (χ2n) is 6.14. The molecule has 0 aliphatic carbocycles. The highest BCUT2D eigenvalue weighted by Crippen LogP contribution is 2.19. The maximum Gasteiger partial charge on any atom is 0.343 e. The van der Waals surface area contributed by atoms with Gasteiger partial charge in [-0.1, -0.05) is 42.0 Å². The number of carbonyl (C=O) groups excluding carboxylic acids is 1. The number of piperidine rings is 1. The van der Waals surface area contributed by atoms with Gasteiger partial charge in [0.25, 0.3) is 0 Å².